The first-order chi connectivity index (χ1) is 14.1. The molecule has 1 aliphatic rings. The van der Waals surface area contributed by atoms with Gasteiger partial charge in [-0.3, -0.25) is 10.2 Å². The molecule has 2 aromatic rings. The van der Waals surface area contributed by atoms with E-state index in [0.29, 0.717) is 23.8 Å². The molecule has 3 rings (SSSR count). The molecule has 1 saturated heterocycles. The van der Waals surface area contributed by atoms with Crippen LogP contribution in [0.3, 0.4) is 0 Å². The summed E-state index contributed by atoms with van der Waals surface area (Å²) in [6.45, 7) is 6.60. The third-order valence-electron chi connectivity index (χ3n) is 4.63. The van der Waals surface area contributed by atoms with Gasteiger partial charge in [-0.25, -0.2) is 9.78 Å². The second-order valence-corrected chi connectivity index (χ2v) is 6.67. The number of nitriles is 1. The highest BCUT2D eigenvalue weighted by Gasteiger charge is 2.19. The number of amides is 2. The number of hydrogen-bond donors (Lipinski definition) is 2. The van der Waals surface area contributed by atoms with Gasteiger partial charge >= 0.3 is 6.03 Å². The number of nitrogens with zero attached hydrogens (tertiary/aromatic N) is 5. The van der Waals surface area contributed by atoms with E-state index in [0.717, 1.165) is 44.1 Å². The van der Waals surface area contributed by atoms with Crippen molar-refractivity contribution in [2.45, 2.75) is 13.5 Å². The molecular formula is C20H25N7O2. The van der Waals surface area contributed by atoms with Crippen molar-refractivity contribution in [3.05, 3.63) is 41.6 Å². The minimum Gasteiger partial charge on any atom is -0.481 e. The number of methoxy groups -OCH3 is 1. The van der Waals surface area contributed by atoms with Crippen molar-refractivity contribution in [1.82, 2.24) is 20.2 Å². The Morgan fingerprint density at radius 1 is 1.28 bits per heavy atom. The van der Waals surface area contributed by atoms with Gasteiger partial charge in [-0.05, 0) is 30.7 Å². The molecule has 0 spiro atoms. The fourth-order valence-electron chi connectivity index (χ4n) is 3.17. The number of rotatable bonds is 6. The molecule has 3 heterocycles. The summed E-state index contributed by atoms with van der Waals surface area (Å²) in [5.41, 5.74) is 1.59. The Morgan fingerprint density at radius 3 is 2.69 bits per heavy atom. The molecule has 1 fully saturated rings. The number of nitrogens with one attached hydrogen (secondary N) is 2. The molecule has 0 atom stereocenters. The summed E-state index contributed by atoms with van der Waals surface area (Å²) in [4.78, 5) is 25.0. The lowest BCUT2D eigenvalue weighted by atomic mass is 10.2. The van der Waals surface area contributed by atoms with Crippen molar-refractivity contribution in [1.29, 1.82) is 5.26 Å². The van der Waals surface area contributed by atoms with Crippen LogP contribution in [0.4, 0.5) is 16.4 Å². The Morgan fingerprint density at radius 2 is 2.07 bits per heavy atom. The molecule has 2 N–H and O–H groups in total. The molecular weight excluding hydrogens is 370 g/mol. The van der Waals surface area contributed by atoms with E-state index in [1.54, 1.807) is 19.4 Å². The molecule has 2 aromatic heterocycles. The smallest absolute Gasteiger partial charge is 0.320 e. The van der Waals surface area contributed by atoms with Gasteiger partial charge in [-0.1, -0.05) is 0 Å². The molecule has 152 valence electrons. The van der Waals surface area contributed by atoms with Gasteiger partial charge in [0.15, 0.2) is 0 Å². The van der Waals surface area contributed by atoms with Gasteiger partial charge < -0.3 is 15.0 Å². The summed E-state index contributed by atoms with van der Waals surface area (Å²) in [7, 11) is 1.56. The van der Waals surface area contributed by atoms with Crippen LogP contribution in [0, 0.1) is 11.3 Å². The number of urea groups is 1. The normalized spacial score (nSPS) is 14.2. The van der Waals surface area contributed by atoms with Gasteiger partial charge in [0.2, 0.25) is 5.88 Å². The second-order valence-electron chi connectivity index (χ2n) is 6.67. The summed E-state index contributed by atoms with van der Waals surface area (Å²) in [5.74, 6) is 1.82. The molecule has 1 aliphatic heterocycles. The Bertz CT molecular complexity index is 871. The molecule has 0 unspecified atom stereocenters. The predicted octanol–water partition coefficient (Wildman–Crippen LogP) is 1.82. The highest BCUT2D eigenvalue weighted by molar-refractivity contribution is 5.88. The zero-order valence-electron chi connectivity index (χ0n) is 16.7. The number of piperazine rings is 1. The topological polar surface area (TPSA) is 106 Å². The molecule has 9 heteroatoms. The van der Waals surface area contributed by atoms with Crippen molar-refractivity contribution in [3.63, 3.8) is 0 Å². The number of pyridine rings is 2. The summed E-state index contributed by atoms with van der Waals surface area (Å²) in [6.07, 6.45) is 1.61. The molecule has 9 nitrogen and oxygen atoms in total. The summed E-state index contributed by atoms with van der Waals surface area (Å²) < 4.78 is 5.28. The van der Waals surface area contributed by atoms with E-state index in [1.807, 2.05) is 25.1 Å². The van der Waals surface area contributed by atoms with Crippen molar-refractivity contribution in [2.24, 2.45) is 0 Å². The van der Waals surface area contributed by atoms with Crippen LogP contribution in [0.2, 0.25) is 0 Å². The van der Waals surface area contributed by atoms with Crippen LogP contribution in [-0.2, 0) is 6.54 Å². The molecule has 2 amide bonds. The molecule has 0 aliphatic carbocycles. The van der Waals surface area contributed by atoms with Gasteiger partial charge in [-0.2, -0.15) is 10.2 Å². The molecule has 29 heavy (non-hydrogen) atoms. The Kier molecular flexibility index (Phi) is 6.81. The van der Waals surface area contributed by atoms with Gasteiger partial charge in [0, 0.05) is 51.5 Å². The van der Waals surface area contributed by atoms with E-state index >= 15 is 0 Å². The number of aromatic nitrogens is 2. The van der Waals surface area contributed by atoms with Gasteiger partial charge in [0.1, 0.15) is 17.7 Å². The molecule has 0 aromatic carbocycles. The second kappa shape index (κ2) is 9.71. The number of carbonyl (C=O) groups excluding carboxylic acids is 1. The first-order valence-electron chi connectivity index (χ1n) is 9.54. The monoisotopic (exact) mass is 395 g/mol. The zero-order valence-corrected chi connectivity index (χ0v) is 16.7. The van der Waals surface area contributed by atoms with Crippen molar-refractivity contribution in [2.75, 3.05) is 50.1 Å². The molecule has 0 bridgehead atoms. The quantitative estimate of drug-likeness (QED) is 0.768. The minimum absolute atomic E-state index is 0.289. The Hall–Kier alpha value is -3.38. The van der Waals surface area contributed by atoms with E-state index < -0.39 is 0 Å². The van der Waals surface area contributed by atoms with Crippen molar-refractivity contribution >= 4 is 17.7 Å². The number of carbonyl (C=O) groups is 1. The lowest BCUT2D eigenvalue weighted by molar-refractivity contribution is 0.248. The lowest BCUT2D eigenvalue weighted by Gasteiger charge is -2.35. The van der Waals surface area contributed by atoms with Crippen LogP contribution in [0.1, 0.15) is 18.1 Å². The third-order valence-corrected chi connectivity index (χ3v) is 4.63. The fraction of sp³-hybridized carbons (Fsp3) is 0.400. The summed E-state index contributed by atoms with van der Waals surface area (Å²) in [5, 5.41) is 14.3. The Labute approximate surface area is 170 Å². The van der Waals surface area contributed by atoms with Crippen molar-refractivity contribution < 1.29 is 9.53 Å². The average Bonchev–Trinajstić information content (AvgIpc) is 2.74. The van der Waals surface area contributed by atoms with E-state index in [2.05, 4.69) is 36.5 Å². The SMILES string of the molecule is CCNC(=O)Nc1cc(CN2CCN(c3ccc(C#N)cn3)CC2)cc(OC)n1. The van der Waals surface area contributed by atoms with Crippen LogP contribution in [0.5, 0.6) is 5.88 Å². The largest absolute Gasteiger partial charge is 0.481 e. The maximum Gasteiger partial charge on any atom is 0.320 e. The van der Waals surface area contributed by atoms with Crippen LogP contribution >= 0.6 is 0 Å². The standard InChI is InChI=1S/C20H25N7O2/c1-3-22-20(28)25-17-10-16(11-19(24-17)29-2)14-26-6-8-27(9-7-26)18-5-4-15(12-21)13-23-18/h4-5,10-11,13H,3,6-9,14H2,1-2H3,(H2,22,24,25,28). The number of anilines is 2. The van der Waals surface area contributed by atoms with Gasteiger partial charge in [-0.15, -0.1) is 0 Å². The number of ether oxygens (including phenoxy) is 1. The van der Waals surface area contributed by atoms with E-state index in [-0.39, 0.29) is 6.03 Å². The van der Waals surface area contributed by atoms with Crippen molar-refractivity contribution in [3.8, 4) is 11.9 Å². The maximum absolute atomic E-state index is 11.8. The minimum atomic E-state index is -0.289. The Balaban J connectivity index is 1.60. The first-order valence-corrected chi connectivity index (χ1v) is 9.54. The average molecular weight is 395 g/mol. The molecule has 0 saturated carbocycles. The highest BCUT2D eigenvalue weighted by atomic mass is 16.5. The number of hydrogen-bond acceptors (Lipinski definition) is 7. The van der Waals surface area contributed by atoms with Crippen LogP contribution in [0.15, 0.2) is 30.5 Å². The lowest BCUT2D eigenvalue weighted by Crippen LogP contribution is -2.46. The predicted molar refractivity (Wildman–Crippen MR) is 110 cm³/mol. The third kappa shape index (κ3) is 5.56. The summed E-state index contributed by atoms with van der Waals surface area (Å²) >= 11 is 0. The maximum atomic E-state index is 11.8. The van der Waals surface area contributed by atoms with E-state index in [4.69, 9.17) is 10.00 Å². The van der Waals surface area contributed by atoms with E-state index in [1.165, 1.54) is 0 Å². The van der Waals surface area contributed by atoms with Crippen LogP contribution < -0.4 is 20.3 Å². The van der Waals surface area contributed by atoms with Crippen LogP contribution in [0.25, 0.3) is 0 Å². The van der Waals surface area contributed by atoms with Crippen LogP contribution in [-0.4, -0.2) is 60.7 Å². The van der Waals surface area contributed by atoms with Gasteiger partial charge in [0.05, 0.1) is 12.7 Å². The fourth-order valence-corrected chi connectivity index (χ4v) is 3.17. The zero-order chi connectivity index (χ0) is 20.6. The summed E-state index contributed by atoms with van der Waals surface area (Å²) in [6, 6.07) is 9.24. The highest BCUT2D eigenvalue weighted by Crippen LogP contribution is 2.20. The van der Waals surface area contributed by atoms with E-state index in [9.17, 15) is 4.79 Å². The van der Waals surface area contributed by atoms with Gasteiger partial charge in [0.25, 0.3) is 0 Å². The first kappa shape index (κ1) is 20.4. The molecule has 0 radical (unpaired) electrons.